The summed E-state index contributed by atoms with van der Waals surface area (Å²) in [6, 6.07) is 0. The van der Waals surface area contributed by atoms with E-state index in [1.807, 2.05) is 0 Å². The van der Waals surface area contributed by atoms with Crippen molar-refractivity contribution in [3.8, 4) is 0 Å². The van der Waals surface area contributed by atoms with Crippen LogP contribution in [0, 0.1) is 0 Å². The molecule has 1 aliphatic heterocycles. The van der Waals surface area contributed by atoms with E-state index in [0.717, 1.165) is 32.1 Å². The molecule has 0 aromatic heterocycles. The molecule has 1 heterocycles. The van der Waals surface area contributed by atoms with Crippen LogP contribution in [-0.4, -0.2) is 24.2 Å². The zero-order valence-electron chi connectivity index (χ0n) is 6.06. The van der Waals surface area contributed by atoms with Gasteiger partial charge in [-0.05, 0) is 12.8 Å². The summed E-state index contributed by atoms with van der Waals surface area (Å²) >= 11 is 0. The van der Waals surface area contributed by atoms with Crippen LogP contribution in [0.25, 0.3) is 0 Å². The molecule has 0 aliphatic carbocycles. The van der Waals surface area contributed by atoms with Gasteiger partial charge in [-0.15, -0.1) is 0 Å². The second kappa shape index (κ2) is 3.15. The smallest absolute Gasteiger partial charge is 0.377 e. The van der Waals surface area contributed by atoms with Crippen molar-refractivity contribution in [2.45, 2.75) is 19.0 Å². The number of rotatable bonds is 1. The first-order chi connectivity index (χ1) is 5.08. The average Bonchev–Trinajstić information content (AvgIpc) is 2.32. The average molecular weight is 165 g/mol. The van der Waals surface area contributed by atoms with Gasteiger partial charge in [0.15, 0.2) is 0 Å². The summed E-state index contributed by atoms with van der Waals surface area (Å²) in [4.78, 5) is 1.69. The van der Waals surface area contributed by atoms with E-state index >= 15 is 0 Å². The normalized spacial score (nSPS) is 20.1. The van der Waals surface area contributed by atoms with E-state index < -0.39 is 6.18 Å². The lowest BCUT2D eigenvalue weighted by atomic mass is 10.4. The minimum absolute atomic E-state index is 0.290. The molecule has 1 fully saturated rings. The molecular formula is C7H10F3N. The van der Waals surface area contributed by atoms with Crippen LogP contribution in [0.15, 0.2) is 12.3 Å². The largest absolute Gasteiger partial charge is 0.411 e. The lowest BCUT2D eigenvalue weighted by molar-refractivity contribution is -0.0806. The van der Waals surface area contributed by atoms with Crippen LogP contribution < -0.4 is 0 Å². The second-order valence-electron chi connectivity index (χ2n) is 2.60. The number of alkyl halides is 3. The molecule has 0 amide bonds. The van der Waals surface area contributed by atoms with E-state index in [1.165, 1.54) is 0 Å². The predicted molar refractivity (Wildman–Crippen MR) is 36.0 cm³/mol. The zero-order chi connectivity index (χ0) is 8.32. The lowest BCUT2D eigenvalue weighted by Crippen LogP contribution is -2.13. The highest BCUT2D eigenvalue weighted by Crippen LogP contribution is 2.17. The Bertz CT molecular complexity index is 144. The number of allylic oxidation sites excluding steroid dienone is 1. The van der Waals surface area contributed by atoms with Crippen molar-refractivity contribution in [2.75, 3.05) is 13.1 Å². The van der Waals surface area contributed by atoms with E-state index in [0.29, 0.717) is 6.08 Å². The number of nitrogens with zero attached hydrogens (tertiary/aromatic N) is 1. The van der Waals surface area contributed by atoms with Gasteiger partial charge in [0.2, 0.25) is 0 Å². The van der Waals surface area contributed by atoms with Crippen LogP contribution in [0.1, 0.15) is 12.8 Å². The van der Waals surface area contributed by atoms with Gasteiger partial charge in [-0.3, -0.25) is 0 Å². The third-order valence-electron chi connectivity index (χ3n) is 1.61. The summed E-state index contributed by atoms with van der Waals surface area (Å²) in [5.41, 5.74) is 0. The molecule has 0 aromatic rings. The van der Waals surface area contributed by atoms with Gasteiger partial charge in [0.25, 0.3) is 0 Å². The highest BCUT2D eigenvalue weighted by atomic mass is 19.4. The summed E-state index contributed by atoms with van der Waals surface area (Å²) in [7, 11) is 0. The fourth-order valence-electron chi connectivity index (χ4n) is 1.08. The second-order valence-corrected chi connectivity index (χ2v) is 2.60. The first kappa shape index (κ1) is 8.43. The van der Waals surface area contributed by atoms with Gasteiger partial charge in [0, 0.05) is 25.4 Å². The van der Waals surface area contributed by atoms with Crippen molar-refractivity contribution >= 4 is 0 Å². The summed E-state index contributed by atoms with van der Waals surface area (Å²) in [5.74, 6) is 0. The summed E-state index contributed by atoms with van der Waals surface area (Å²) in [5, 5.41) is 0. The van der Waals surface area contributed by atoms with Crippen molar-refractivity contribution in [3.63, 3.8) is 0 Å². The Hall–Kier alpha value is -0.670. The number of hydrogen-bond donors (Lipinski definition) is 0. The van der Waals surface area contributed by atoms with E-state index in [-0.39, 0.29) is 0 Å². The topological polar surface area (TPSA) is 3.24 Å². The highest BCUT2D eigenvalue weighted by molar-refractivity contribution is 4.90. The molecule has 0 spiro atoms. The molecular weight excluding hydrogens is 155 g/mol. The minimum Gasteiger partial charge on any atom is -0.377 e. The molecule has 0 radical (unpaired) electrons. The minimum atomic E-state index is -4.16. The van der Waals surface area contributed by atoms with E-state index in [2.05, 4.69) is 0 Å². The Morgan fingerprint density at radius 1 is 1.09 bits per heavy atom. The molecule has 4 heteroatoms. The van der Waals surface area contributed by atoms with Gasteiger partial charge >= 0.3 is 6.18 Å². The van der Waals surface area contributed by atoms with Crippen LogP contribution >= 0.6 is 0 Å². The highest BCUT2D eigenvalue weighted by Gasteiger charge is 2.22. The molecule has 0 atom stereocenters. The van der Waals surface area contributed by atoms with Crippen LogP contribution in [0.2, 0.25) is 0 Å². The number of halogens is 3. The first-order valence-corrected chi connectivity index (χ1v) is 3.58. The molecule has 0 N–H and O–H groups in total. The Labute approximate surface area is 63.5 Å². The van der Waals surface area contributed by atoms with Crippen molar-refractivity contribution in [3.05, 3.63) is 12.3 Å². The monoisotopic (exact) mass is 165 g/mol. The molecule has 0 aromatic carbocycles. The van der Waals surface area contributed by atoms with Crippen molar-refractivity contribution in [1.29, 1.82) is 0 Å². The van der Waals surface area contributed by atoms with E-state index in [4.69, 9.17) is 0 Å². The zero-order valence-corrected chi connectivity index (χ0v) is 6.06. The molecule has 64 valence electrons. The van der Waals surface area contributed by atoms with Crippen LogP contribution in [0.5, 0.6) is 0 Å². The van der Waals surface area contributed by atoms with Gasteiger partial charge in [-0.2, -0.15) is 13.2 Å². The summed E-state index contributed by atoms with van der Waals surface area (Å²) in [6.45, 7) is 1.51. The van der Waals surface area contributed by atoms with Gasteiger partial charge in [-0.1, -0.05) is 0 Å². The van der Waals surface area contributed by atoms with Crippen molar-refractivity contribution in [1.82, 2.24) is 4.90 Å². The van der Waals surface area contributed by atoms with Crippen LogP contribution in [0.4, 0.5) is 13.2 Å². The third-order valence-corrected chi connectivity index (χ3v) is 1.61. The Kier molecular flexibility index (Phi) is 2.42. The van der Waals surface area contributed by atoms with Crippen LogP contribution in [0.3, 0.4) is 0 Å². The molecule has 0 saturated carbocycles. The van der Waals surface area contributed by atoms with E-state index in [9.17, 15) is 13.2 Å². The molecule has 1 aliphatic rings. The van der Waals surface area contributed by atoms with Crippen LogP contribution in [-0.2, 0) is 0 Å². The van der Waals surface area contributed by atoms with Gasteiger partial charge < -0.3 is 4.90 Å². The Morgan fingerprint density at radius 2 is 1.64 bits per heavy atom. The quantitative estimate of drug-likeness (QED) is 0.575. The Morgan fingerprint density at radius 3 is 2.09 bits per heavy atom. The third kappa shape index (κ3) is 3.30. The summed E-state index contributed by atoms with van der Waals surface area (Å²) in [6.07, 6.45) is -0.738. The predicted octanol–water partition coefficient (Wildman–Crippen LogP) is 2.16. The summed E-state index contributed by atoms with van der Waals surface area (Å²) < 4.78 is 34.8. The first-order valence-electron chi connectivity index (χ1n) is 3.58. The molecule has 0 bridgehead atoms. The Balaban J connectivity index is 2.34. The molecule has 0 unspecified atom stereocenters. The lowest BCUT2D eigenvalue weighted by Gasteiger charge is -2.10. The standard InChI is InChI=1S/C7H10F3N/c8-7(9,10)3-6-11-4-1-2-5-11/h3,6H,1-2,4-5H2/b6-3+. The fraction of sp³-hybridized carbons (Fsp3) is 0.714. The van der Waals surface area contributed by atoms with Gasteiger partial charge in [-0.25, -0.2) is 0 Å². The van der Waals surface area contributed by atoms with Crippen molar-refractivity contribution in [2.24, 2.45) is 0 Å². The van der Waals surface area contributed by atoms with Gasteiger partial charge in [0.05, 0.1) is 0 Å². The SMILES string of the molecule is FC(F)(F)/C=C/N1CCCC1. The van der Waals surface area contributed by atoms with E-state index in [1.54, 1.807) is 4.90 Å². The molecule has 1 nitrogen and oxygen atoms in total. The molecule has 11 heavy (non-hydrogen) atoms. The number of likely N-dealkylation sites (tertiary alicyclic amines) is 1. The maximum absolute atomic E-state index is 11.6. The molecule has 1 rings (SSSR count). The maximum Gasteiger partial charge on any atom is 0.411 e. The maximum atomic E-state index is 11.6. The molecule has 1 saturated heterocycles. The van der Waals surface area contributed by atoms with Crippen molar-refractivity contribution < 1.29 is 13.2 Å². The van der Waals surface area contributed by atoms with Gasteiger partial charge in [0.1, 0.15) is 0 Å². The fourth-order valence-corrected chi connectivity index (χ4v) is 1.08. The number of hydrogen-bond acceptors (Lipinski definition) is 1.